The Bertz CT molecular complexity index is 440. The quantitative estimate of drug-likeness (QED) is 0.782. The Balaban J connectivity index is 1.92. The van der Waals surface area contributed by atoms with E-state index >= 15 is 0 Å². The second-order valence-electron chi connectivity index (χ2n) is 4.48. The van der Waals surface area contributed by atoms with Crippen LogP contribution >= 0.6 is 0 Å². The van der Waals surface area contributed by atoms with E-state index in [9.17, 15) is 0 Å². The summed E-state index contributed by atoms with van der Waals surface area (Å²) in [6.07, 6.45) is 2.45. The van der Waals surface area contributed by atoms with Crippen LogP contribution in [0.3, 0.4) is 0 Å². The van der Waals surface area contributed by atoms with E-state index in [4.69, 9.17) is 4.74 Å². The second-order valence-corrected chi connectivity index (χ2v) is 4.48. The number of rotatable bonds is 1. The molecule has 1 atom stereocenters. The maximum Gasteiger partial charge on any atom is 0.289 e. The molecule has 3 rings (SSSR count). The molecule has 3 heteroatoms. The van der Waals surface area contributed by atoms with Crippen molar-refractivity contribution < 1.29 is 4.74 Å². The minimum Gasteiger partial charge on any atom is -0.463 e. The van der Waals surface area contributed by atoms with Gasteiger partial charge in [-0.05, 0) is 36.0 Å². The van der Waals surface area contributed by atoms with E-state index in [-0.39, 0.29) is 0 Å². The summed E-state index contributed by atoms with van der Waals surface area (Å²) in [5.74, 6) is 0.640. The highest BCUT2D eigenvalue weighted by Gasteiger charge is 2.22. The number of ether oxygens (including phenoxy) is 1. The second kappa shape index (κ2) is 3.81. The van der Waals surface area contributed by atoms with Gasteiger partial charge in [-0.2, -0.15) is 0 Å². The Morgan fingerprint density at radius 1 is 1.44 bits per heavy atom. The topological polar surface area (TPSA) is 33.6 Å². The third-order valence-corrected chi connectivity index (χ3v) is 3.36. The number of nitrogens with zero attached hydrogens (tertiary/aromatic N) is 1. The number of hydrogen-bond acceptors (Lipinski definition) is 3. The number of anilines is 1. The Morgan fingerprint density at radius 2 is 2.38 bits per heavy atom. The van der Waals surface area contributed by atoms with Gasteiger partial charge in [0.15, 0.2) is 0 Å². The molecule has 2 aliphatic rings. The minimum absolute atomic E-state index is 0.640. The van der Waals surface area contributed by atoms with Gasteiger partial charge in [0.1, 0.15) is 6.61 Å². The minimum atomic E-state index is 0.640. The molecule has 1 N–H and O–H groups in total. The molecule has 1 aromatic carbocycles. The number of fused-ring (bicyclic) bond motifs is 1. The van der Waals surface area contributed by atoms with Crippen LogP contribution in [0.25, 0.3) is 0 Å². The van der Waals surface area contributed by atoms with E-state index in [2.05, 4.69) is 35.4 Å². The van der Waals surface area contributed by atoms with E-state index in [0.29, 0.717) is 18.5 Å². The monoisotopic (exact) mass is 216 g/mol. The molecule has 0 radical (unpaired) electrons. The van der Waals surface area contributed by atoms with E-state index in [1.807, 2.05) is 0 Å². The van der Waals surface area contributed by atoms with Crippen molar-refractivity contribution in [2.45, 2.75) is 25.7 Å². The lowest BCUT2D eigenvalue weighted by Gasteiger charge is -2.13. The molecule has 1 aromatic rings. The lowest BCUT2D eigenvalue weighted by Crippen LogP contribution is -2.13. The standard InChI is InChI=1S/C13H16N2O/c1-9-5-6-10-3-2-4-11(12(9)10)15-13-14-7-8-16-13/h2-4,9H,5-8H2,1H3,(H,14,15). The SMILES string of the molecule is CC1CCc2cccc(NC3=NCCO3)c21. The van der Waals surface area contributed by atoms with Crippen LogP contribution in [-0.2, 0) is 11.2 Å². The molecule has 0 aromatic heterocycles. The maximum absolute atomic E-state index is 5.39. The van der Waals surface area contributed by atoms with Gasteiger partial charge >= 0.3 is 0 Å². The molecule has 1 aliphatic carbocycles. The molecule has 0 saturated carbocycles. The summed E-state index contributed by atoms with van der Waals surface area (Å²) in [6, 6.07) is 7.12. The van der Waals surface area contributed by atoms with Crippen LogP contribution < -0.4 is 5.32 Å². The molecule has 0 fully saturated rings. The summed E-state index contributed by atoms with van der Waals surface area (Å²) < 4.78 is 5.39. The van der Waals surface area contributed by atoms with Gasteiger partial charge in [0.2, 0.25) is 0 Å². The van der Waals surface area contributed by atoms with E-state index in [1.54, 1.807) is 0 Å². The molecule has 3 nitrogen and oxygen atoms in total. The van der Waals surface area contributed by atoms with Crippen LogP contribution in [0.1, 0.15) is 30.4 Å². The zero-order valence-corrected chi connectivity index (χ0v) is 9.49. The van der Waals surface area contributed by atoms with Crippen molar-refractivity contribution in [2.24, 2.45) is 4.99 Å². The normalized spacial score (nSPS) is 22.6. The fraction of sp³-hybridized carbons (Fsp3) is 0.462. The number of hydrogen-bond donors (Lipinski definition) is 1. The first kappa shape index (κ1) is 9.70. The van der Waals surface area contributed by atoms with Gasteiger partial charge in [-0.1, -0.05) is 19.1 Å². The third kappa shape index (κ3) is 1.56. The lowest BCUT2D eigenvalue weighted by atomic mass is 10.0. The summed E-state index contributed by atoms with van der Waals surface area (Å²) in [5, 5.41) is 3.30. The van der Waals surface area contributed by atoms with Crippen LogP contribution in [0.2, 0.25) is 0 Å². The summed E-state index contributed by atoms with van der Waals surface area (Å²) >= 11 is 0. The summed E-state index contributed by atoms with van der Waals surface area (Å²) in [5.41, 5.74) is 4.08. The lowest BCUT2D eigenvalue weighted by molar-refractivity contribution is 0.346. The summed E-state index contributed by atoms with van der Waals surface area (Å²) in [7, 11) is 0. The van der Waals surface area contributed by atoms with Crippen LogP contribution in [0.15, 0.2) is 23.2 Å². The van der Waals surface area contributed by atoms with E-state index in [0.717, 1.165) is 6.54 Å². The molecule has 0 bridgehead atoms. The van der Waals surface area contributed by atoms with Gasteiger partial charge < -0.3 is 10.1 Å². The Kier molecular flexibility index (Phi) is 2.31. The van der Waals surface area contributed by atoms with Gasteiger partial charge in [0, 0.05) is 5.69 Å². The van der Waals surface area contributed by atoms with Gasteiger partial charge in [-0.25, -0.2) is 4.99 Å². The molecule has 0 saturated heterocycles. The van der Waals surface area contributed by atoms with Gasteiger partial charge in [-0.15, -0.1) is 0 Å². The van der Waals surface area contributed by atoms with E-state index in [1.165, 1.54) is 29.7 Å². The molecular formula is C13H16N2O. The van der Waals surface area contributed by atoms with Crippen LogP contribution in [-0.4, -0.2) is 19.2 Å². The number of aliphatic imine (C=N–C) groups is 1. The average Bonchev–Trinajstić information content (AvgIpc) is 2.90. The molecule has 1 aliphatic heterocycles. The van der Waals surface area contributed by atoms with Gasteiger partial charge in [0.25, 0.3) is 6.02 Å². The van der Waals surface area contributed by atoms with Crippen molar-refractivity contribution >= 4 is 11.7 Å². The van der Waals surface area contributed by atoms with Crippen LogP contribution in [0.4, 0.5) is 5.69 Å². The van der Waals surface area contributed by atoms with Crippen LogP contribution in [0, 0.1) is 0 Å². The molecular weight excluding hydrogens is 200 g/mol. The van der Waals surface area contributed by atoms with Crippen molar-refractivity contribution in [3.8, 4) is 0 Å². The first-order valence-corrected chi connectivity index (χ1v) is 5.90. The zero-order chi connectivity index (χ0) is 11.0. The molecule has 84 valence electrons. The van der Waals surface area contributed by atoms with Gasteiger partial charge in [0.05, 0.1) is 6.54 Å². The maximum atomic E-state index is 5.39. The molecule has 0 spiro atoms. The average molecular weight is 216 g/mol. The molecule has 0 amide bonds. The number of nitrogens with one attached hydrogen (secondary N) is 1. The predicted molar refractivity (Wildman–Crippen MR) is 65.1 cm³/mol. The Labute approximate surface area is 95.5 Å². The Hall–Kier alpha value is -1.51. The number of benzene rings is 1. The first-order valence-electron chi connectivity index (χ1n) is 5.90. The van der Waals surface area contributed by atoms with Crippen molar-refractivity contribution in [3.05, 3.63) is 29.3 Å². The van der Waals surface area contributed by atoms with Crippen molar-refractivity contribution in [3.63, 3.8) is 0 Å². The number of aryl methyl sites for hydroxylation is 1. The molecule has 1 heterocycles. The first-order chi connectivity index (χ1) is 7.84. The highest BCUT2D eigenvalue weighted by molar-refractivity contribution is 5.91. The highest BCUT2D eigenvalue weighted by atomic mass is 16.5. The zero-order valence-electron chi connectivity index (χ0n) is 9.49. The fourth-order valence-electron chi connectivity index (χ4n) is 2.56. The third-order valence-electron chi connectivity index (χ3n) is 3.36. The predicted octanol–water partition coefficient (Wildman–Crippen LogP) is 2.53. The summed E-state index contributed by atoms with van der Waals surface area (Å²) in [4.78, 5) is 4.26. The fourth-order valence-corrected chi connectivity index (χ4v) is 2.56. The highest BCUT2D eigenvalue weighted by Crippen LogP contribution is 2.37. The Morgan fingerprint density at radius 3 is 3.19 bits per heavy atom. The largest absolute Gasteiger partial charge is 0.463 e. The molecule has 1 unspecified atom stereocenters. The van der Waals surface area contributed by atoms with Crippen molar-refractivity contribution in [1.82, 2.24) is 0 Å². The molecule has 16 heavy (non-hydrogen) atoms. The number of amidine groups is 1. The van der Waals surface area contributed by atoms with Crippen molar-refractivity contribution in [2.75, 3.05) is 18.5 Å². The van der Waals surface area contributed by atoms with Crippen LogP contribution in [0.5, 0.6) is 0 Å². The van der Waals surface area contributed by atoms with Crippen molar-refractivity contribution in [1.29, 1.82) is 0 Å². The smallest absolute Gasteiger partial charge is 0.289 e. The summed E-state index contributed by atoms with van der Waals surface area (Å²) in [6.45, 7) is 3.76. The van der Waals surface area contributed by atoms with E-state index < -0.39 is 0 Å². The van der Waals surface area contributed by atoms with Gasteiger partial charge in [-0.3, -0.25) is 0 Å².